The minimum atomic E-state index is -0.624. The van der Waals surface area contributed by atoms with E-state index < -0.39 is 17.8 Å². The summed E-state index contributed by atoms with van der Waals surface area (Å²) in [6.07, 6.45) is -0.701. The van der Waals surface area contributed by atoms with Gasteiger partial charge in [0.15, 0.2) is 6.10 Å². The first kappa shape index (κ1) is 22.0. The Labute approximate surface area is 156 Å². The molecule has 0 heterocycles. The lowest BCUT2D eigenvalue weighted by molar-refractivity contribution is -0.159. The highest BCUT2D eigenvalue weighted by atomic mass is 16.6. The van der Waals surface area contributed by atoms with Gasteiger partial charge in [-0.1, -0.05) is 24.3 Å². The number of ether oxygens (including phenoxy) is 3. The number of alkyl carbamates (subject to hydrolysis) is 1. The lowest BCUT2D eigenvalue weighted by atomic mass is 10.1. The molecule has 1 amide bonds. The quantitative estimate of drug-likeness (QED) is 0.713. The summed E-state index contributed by atoms with van der Waals surface area (Å²) in [5.74, 6) is -0.350. The van der Waals surface area contributed by atoms with Gasteiger partial charge < -0.3 is 19.5 Å². The standard InChI is InChI=1S/C20H31NO5/c1-7-24-18(22)17(25-14(2)3)12-15-8-10-16(11-9-15)13-21-19(23)26-20(4,5)6/h8-11,14,17H,7,12-13H2,1-6H3,(H,21,23). The average Bonchev–Trinajstić information content (AvgIpc) is 2.52. The number of rotatable bonds is 8. The number of nitrogens with one attached hydrogen (secondary N) is 1. The molecule has 1 aromatic rings. The second-order valence-corrected chi connectivity index (χ2v) is 7.30. The van der Waals surface area contributed by atoms with Crippen molar-refractivity contribution in [2.45, 2.75) is 72.3 Å². The summed E-state index contributed by atoms with van der Waals surface area (Å²) in [4.78, 5) is 23.7. The molecule has 0 aliphatic carbocycles. The topological polar surface area (TPSA) is 73.9 Å². The van der Waals surface area contributed by atoms with E-state index in [2.05, 4.69) is 5.32 Å². The van der Waals surface area contributed by atoms with Gasteiger partial charge >= 0.3 is 12.1 Å². The van der Waals surface area contributed by atoms with Crippen LogP contribution in [0.25, 0.3) is 0 Å². The van der Waals surface area contributed by atoms with Gasteiger partial charge in [0.05, 0.1) is 12.7 Å². The van der Waals surface area contributed by atoms with Crippen LogP contribution < -0.4 is 5.32 Å². The molecule has 26 heavy (non-hydrogen) atoms. The molecule has 0 radical (unpaired) electrons. The fraction of sp³-hybridized carbons (Fsp3) is 0.600. The first-order chi connectivity index (χ1) is 12.1. The predicted octanol–water partition coefficient (Wildman–Crippen LogP) is 3.61. The van der Waals surface area contributed by atoms with Crippen molar-refractivity contribution in [2.75, 3.05) is 6.61 Å². The van der Waals surface area contributed by atoms with Crippen LogP contribution >= 0.6 is 0 Å². The Bertz CT molecular complexity index is 575. The molecule has 1 N–H and O–H groups in total. The Kier molecular flexibility index (Phi) is 8.58. The highest BCUT2D eigenvalue weighted by molar-refractivity contribution is 5.75. The number of hydrogen-bond donors (Lipinski definition) is 1. The van der Waals surface area contributed by atoms with Crippen molar-refractivity contribution in [2.24, 2.45) is 0 Å². The van der Waals surface area contributed by atoms with Crippen molar-refractivity contribution < 1.29 is 23.8 Å². The molecular formula is C20H31NO5. The van der Waals surface area contributed by atoms with Gasteiger partial charge in [-0.2, -0.15) is 0 Å². The van der Waals surface area contributed by atoms with Crippen molar-refractivity contribution >= 4 is 12.1 Å². The molecule has 0 bridgehead atoms. The Morgan fingerprint density at radius 1 is 1.08 bits per heavy atom. The molecule has 0 saturated carbocycles. The molecule has 0 spiro atoms. The molecule has 146 valence electrons. The van der Waals surface area contributed by atoms with Crippen LogP contribution in [0.1, 0.15) is 52.7 Å². The highest BCUT2D eigenvalue weighted by Gasteiger charge is 2.22. The maximum absolute atomic E-state index is 12.0. The number of carbonyl (C=O) groups excluding carboxylic acids is 2. The van der Waals surface area contributed by atoms with Gasteiger partial charge in [-0.05, 0) is 52.7 Å². The second kappa shape index (κ2) is 10.2. The van der Waals surface area contributed by atoms with Gasteiger partial charge in [-0.25, -0.2) is 9.59 Å². The van der Waals surface area contributed by atoms with E-state index in [4.69, 9.17) is 14.2 Å². The maximum Gasteiger partial charge on any atom is 0.407 e. The number of hydrogen-bond acceptors (Lipinski definition) is 5. The largest absolute Gasteiger partial charge is 0.464 e. The summed E-state index contributed by atoms with van der Waals surface area (Å²) in [6, 6.07) is 7.65. The lowest BCUT2D eigenvalue weighted by Crippen LogP contribution is -2.32. The predicted molar refractivity (Wildman–Crippen MR) is 99.9 cm³/mol. The molecule has 0 aliphatic rings. The van der Waals surface area contributed by atoms with Gasteiger partial charge in [0.2, 0.25) is 0 Å². The zero-order chi connectivity index (χ0) is 19.7. The summed E-state index contributed by atoms with van der Waals surface area (Å²) >= 11 is 0. The van der Waals surface area contributed by atoms with Crippen LogP contribution in [-0.2, 0) is 32.0 Å². The van der Waals surface area contributed by atoms with Crippen molar-refractivity contribution in [3.63, 3.8) is 0 Å². The van der Waals surface area contributed by atoms with Crippen LogP contribution in [0.15, 0.2) is 24.3 Å². The Morgan fingerprint density at radius 3 is 2.15 bits per heavy atom. The summed E-state index contributed by atoms with van der Waals surface area (Å²) in [6.45, 7) is 11.7. The molecule has 1 atom stereocenters. The molecule has 1 rings (SSSR count). The molecule has 6 heteroatoms. The van der Waals surface area contributed by atoms with E-state index in [0.29, 0.717) is 19.6 Å². The summed E-state index contributed by atoms with van der Waals surface area (Å²) < 4.78 is 16.0. The van der Waals surface area contributed by atoms with Crippen LogP contribution in [0, 0.1) is 0 Å². The van der Waals surface area contributed by atoms with Gasteiger partial charge in [0.25, 0.3) is 0 Å². The van der Waals surface area contributed by atoms with Crippen LogP contribution in [0.2, 0.25) is 0 Å². The van der Waals surface area contributed by atoms with E-state index in [1.807, 2.05) is 58.9 Å². The molecule has 1 unspecified atom stereocenters. The normalized spacial score (nSPS) is 12.6. The second-order valence-electron chi connectivity index (χ2n) is 7.30. The van der Waals surface area contributed by atoms with Crippen molar-refractivity contribution in [1.29, 1.82) is 0 Å². The molecule has 0 fully saturated rings. The number of amides is 1. The van der Waals surface area contributed by atoms with E-state index in [9.17, 15) is 9.59 Å². The van der Waals surface area contributed by atoms with Crippen molar-refractivity contribution in [1.82, 2.24) is 5.32 Å². The maximum atomic E-state index is 12.0. The molecule has 0 aromatic heterocycles. The van der Waals surface area contributed by atoms with Crippen LogP contribution in [0.4, 0.5) is 4.79 Å². The van der Waals surface area contributed by atoms with E-state index in [0.717, 1.165) is 11.1 Å². The van der Waals surface area contributed by atoms with E-state index in [1.54, 1.807) is 6.92 Å². The smallest absolute Gasteiger partial charge is 0.407 e. The number of carbonyl (C=O) groups is 2. The molecule has 0 saturated heterocycles. The third-order valence-electron chi connectivity index (χ3n) is 3.27. The van der Waals surface area contributed by atoms with Gasteiger partial charge in [0, 0.05) is 13.0 Å². The fourth-order valence-electron chi connectivity index (χ4n) is 2.25. The Hall–Kier alpha value is -2.08. The number of esters is 1. The molecular weight excluding hydrogens is 334 g/mol. The van der Waals surface area contributed by atoms with E-state index >= 15 is 0 Å². The Morgan fingerprint density at radius 2 is 1.65 bits per heavy atom. The summed E-state index contributed by atoms with van der Waals surface area (Å²) in [5, 5.41) is 2.72. The van der Waals surface area contributed by atoms with E-state index in [1.165, 1.54) is 0 Å². The van der Waals surface area contributed by atoms with Crippen molar-refractivity contribution in [3.05, 3.63) is 35.4 Å². The van der Waals surface area contributed by atoms with Crippen LogP contribution in [0.5, 0.6) is 0 Å². The first-order valence-corrected chi connectivity index (χ1v) is 8.97. The third kappa shape index (κ3) is 8.85. The van der Waals surface area contributed by atoms with Crippen molar-refractivity contribution in [3.8, 4) is 0 Å². The van der Waals surface area contributed by atoms with Gasteiger partial charge in [-0.15, -0.1) is 0 Å². The minimum absolute atomic E-state index is 0.0679. The van der Waals surface area contributed by atoms with Gasteiger partial charge in [-0.3, -0.25) is 0 Å². The number of benzene rings is 1. The zero-order valence-corrected chi connectivity index (χ0v) is 16.6. The summed E-state index contributed by atoms with van der Waals surface area (Å²) in [5.41, 5.74) is 1.38. The summed E-state index contributed by atoms with van der Waals surface area (Å²) in [7, 11) is 0. The van der Waals surface area contributed by atoms with E-state index in [-0.39, 0.29) is 12.1 Å². The molecule has 0 aliphatic heterocycles. The molecule has 1 aromatic carbocycles. The fourth-order valence-corrected chi connectivity index (χ4v) is 2.25. The Balaban J connectivity index is 2.62. The minimum Gasteiger partial charge on any atom is -0.464 e. The van der Waals surface area contributed by atoms with Crippen LogP contribution in [-0.4, -0.2) is 36.5 Å². The van der Waals surface area contributed by atoms with Gasteiger partial charge in [0.1, 0.15) is 5.60 Å². The van der Waals surface area contributed by atoms with Crippen LogP contribution in [0.3, 0.4) is 0 Å². The first-order valence-electron chi connectivity index (χ1n) is 8.97. The zero-order valence-electron chi connectivity index (χ0n) is 16.6. The SMILES string of the molecule is CCOC(=O)C(Cc1ccc(CNC(=O)OC(C)(C)C)cc1)OC(C)C. The monoisotopic (exact) mass is 365 g/mol. The average molecular weight is 365 g/mol. The third-order valence-corrected chi connectivity index (χ3v) is 3.27. The lowest BCUT2D eigenvalue weighted by Gasteiger charge is -2.20. The molecule has 6 nitrogen and oxygen atoms in total. The highest BCUT2D eigenvalue weighted by Crippen LogP contribution is 2.12.